The Morgan fingerprint density at radius 1 is 1.32 bits per heavy atom. The Morgan fingerprint density at radius 3 is 2.37 bits per heavy atom. The fourth-order valence-electron chi connectivity index (χ4n) is 1.39. The normalized spacial score (nSPS) is 12.8. The number of rotatable bonds is 8. The van der Waals surface area contributed by atoms with E-state index in [1.165, 1.54) is 0 Å². The maximum Gasteiger partial charge on any atom is 0.326 e. The number of carboxylic acid groups (broad SMARTS) is 1. The zero-order chi connectivity index (χ0) is 14.8. The van der Waals surface area contributed by atoms with Crippen molar-refractivity contribution in [2.75, 3.05) is 0 Å². The van der Waals surface area contributed by atoms with E-state index in [0.717, 1.165) is 6.42 Å². The van der Waals surface area contributed by atoms with Crippen molar-refractivity contribution in [3.05, 3.63) is 0 Å². The number of terminal acetylenes is 1. The number of aliphatic carboxylic acids is 1. The molecule has 0 aromatic heterocycles. The van der Waals surface area contributed by atoms with Gasteiger partial charge in [0.1, 0.15) is 6.04 Å². The SMILES string of the molecule is C#CC(CCC)NC(=O)NC(CCC(N)=O)C(=O)O. The van der Waals surface area contributed by atoms with E-state index in [-0.39, 0.29) is 12.8 Å². The summed E-state index contributed by atoms with van der Waals surface area (Å²) in [7, 11) is 0. The second-order valence-corrected chi connectivity index (χ2v) is 4.02. The highest BCUT2D eigenvalue weighted by atomic mass is 16.4. The number of amides is 3. The van der Waals surface area contributed by atoms with Crippen LogP contribution in [-0.4, -0.2) is 35.1 Å². The molecule has 0 aliphatic rings. The fraction of sp³-hybridized carbons (Fsp3) is 0.583. The summed E-state index contributed by atoms with van der Waals surface area (Å²) in [6, 6.07) is -2.29. The molecule has 2 atom stereocenters. The van der Waals surface area contributed by atoms with Crippen LogP contribution in [0, 0.1) is 12.3 Å². The topological polar surface area (TPSA) is 122 Å². The van der Waals surface area contributed by atoms with Gasteiger partial charge in [0.2, 0.25) is 5.91 Å². The first kappa shape index (κ1) is 16.8. The standard InChI is InChI=1S/C12H19N3O4/c1-3-5-8(4-2)14-12(19)15-9(11(17)18)6-7-10(13)16/h2,8-9H,3,5-7H2,1H3,(H2,13,16)(H,17,18)(H2,14,15,19). The van der Waals surface area contributed by atoms with Crippen LogP contribution in [0.2, 0.25) is 0 Å². The molecule has 0 heterocycles. The van der Waals surface area contributed by atoms with Crippen molar-refractivity contribution in [2.24, 2.45) is 5.73 Å². The summed E-state index contributed by atoms with van der Waals surface area (Å²) in [6.07, 6.45) is 6.43. The van der Waals surface area contributed by atoms with Gasteiger partial charge in [-0.1, -0.05) is 19.3 Å². The van der Waals surface area contributed by atoms with Gasteiger partial charge in [0.15, 0.2) is 0 Å². The van der Waals surface area contributed by atoms with E-state index in [1.54, 1.807) is 0 Å². The minimum atomic E-state index is -1.23. The van der Waals surface area contributed by atoms with Gasteiger partial charge in [-0.15, -0.1) is 6.42 Å². The smallest absolute Gasteiger partial charge is 0.326 e. The lowest BCUT2D eigenvalue weighted by Crippen LogP contribution is -2.49. The van der Waals surface area contributed by atoms with Gasteiger partial charge < -0.3 is 21.5 Å². The van der Waals surface area contributed by atoms with Gasteiger partial charge in [-0.25, -0.2) is 9.59 Å². The lowest BCUT2D eigenvalue weighted by Gasteiger charge is -2.17. The number of carbonyl (C=O) groups is 3. The molecule has 0 fully saturated rings. The maximum atomic E-state index is 11.5. The Balaban J connectivity index is 4.35. The van der Waals surface area contributed by atoms with Gasteiger partial charge in [0.25, 0.3) is 0 Å². The molecule has 3 amide bonds. The monoisotopic (exact) mass is 269 g/mol. The molecule has 0 aromatic carbocycles. The second-order valence-electron chi connectivity index (χ2n) is 4.02. The highest BCUT2D eigenvalue weighted by molar-refractivity contribution is 5.83. The van der Waals surface area contributed by atoms with Crippen LogP contribution in [-0.2, 0) is 9.59 Å². The van der Waals surface area contributed by atoms with Crippen LogP contribution in [0.25, 0.3) is 0 Å². The molecular weight excluding hydrogens is 250 g/mol. The molecule has 5 N–H and O–H groups in total. The van der Waals surface area contributed by atoms with E-state index >= 15 is 0 Å². The minimum absolute atomic E-state index is 0.0629. The fourth-order valence-corrected chi connectivity index (χ4v) is 1.39. The van der Waals surface area contributed by atoms with Gasteiger partial charge in [-0.3, -0.25) is 4.79 Å². The third-order valence-corrected chi connectivity index (χ3v) is 2.37. The van der Waals surface area contributed by atoms with Crippen molar-refractivity contribution in [3.8, 4) is 12.3 Å². The molecule has 0 bridgehead atoms. The zero-order valence-electron chi connectivity index (χ0n) is 10.8. The predicted molar refractivity (Wildman–Crippen MR) is 69.0 cm³/mol. The number of carboxylic acids is 1. The van der Waals surface area contributed by atoms with Gasteiger partial charge in [0.05, 0.1) is 6.04 Å². The van der Waals surface area contributed by atoms with E-state index in [9.17, 15) is 14.4 Å². The summed E-state index contributed by atoms with van der Waals surface area (Å²) in [5.41, 5.74) is 4.93. The molecule has 106 valence electrons. The van der Waals surface area contributed by atoms with Gasteiger partial charge >= 0.3 is 12.0 Å². The lowest BCUT2D eigenvalue weighted by atomic mass is 10.1. The quantitative estimate of drug-likeness (QED) is 0.456. The van der Waals surface area contributed by atoms with E-state index in [0.29, 0.717) is 6.42 Å². The van der Waals surface area contributed by atoms with E-state index in [1.807, 2.05) is 6.92 Å². The van der Waals surface area contributed by atoms with Gasteiger partial charge in [-0.05, 0) is 12.8 Å². The molecule has 2 unspecified atom stereocenters. The maximum absolute atomic E-state index is 11.5. The predicted octanol–water partition coefficient (Wildman–Crippen LogP) is -0.194. The number of hydrogen-bond donors (Lipinski definition) is 4. The molecular formula is C12H19N3O4. The van der Waals surface area contributed by atoms with Crippen LogP contribution in [0.3, 0.4) is 0 Å². The van der Waals surface area contributed by atoms with Crippen molar-refractivity contribution in [1.29, 1.82) is 0 Å². The van der Waals surface area contributed by atoms with E-state index in [4.69, 9.17) is 17.3 Å². The van der Waals surface area contributed by atoms with Crippen LogP contribution in [0.5, 0.6) is 0 Å². The van der Waals surface area contributed by atoms with E-state index in [2.05, 4.69) is 16.6 Å². The second kappa shape index (κ2) is 8.80. The van der Waals surface area contributed by atoms with E-state index < -0.39 is 30.0 Å². The Morgan fingerprint density at radius 2 is 1.95 bits per heavy atom. The number of nitrogens with two attached hydrogens (primary N) is 1. The van der Waals surface area contributed by atoms with Crippen LogP contribution >= 0.6 is 0 Å². The van der Waals surface area contributed by atoms with Gasteiger partial charge in [-0.2, -0.15) is 0 Å². The first-order valence-corrected chi connectivity index (χ1v) is 5.95. The first-order valence-electron chi connectivity index (χ1n) is 5.95. The summed E-state index contributed by atoms with van der Waals surface area (Å²) in [5, 5.41) is 13.6. The van der Waals surface area contributed by atoms with Crippen LogP contribution < -0.4 is 16.4 Å². The Kier molecular flexibility index (Phi) is 7.77. The molecule has 0 radical (unpaired) electrons. The number of primary amides is 1. The summed E-state index contributed by atoms with van der Waals surface area (Å²) in [4.78, 5) is 33.0. The van der Waals surface area contributed by atoms with Crippen LogP contribution in [0.15, 0.2) is 0 Å². The van der Waals surface area contributed by atoms with Crippen molar-refractivity contribution >= 4 is 17.9 Å². The molecule has 0 aliphatic carbocycles. The molecule has 7 nitrogen and oxygen atoms in total. The highest BCUT2D eigenvalue weighted by Crippen LogP contribution is 1.99. The number of urea groups is 1. The lowest BCUT2D eigenvalue weighted by molar-refractivity contribution is -0.139. The zero-order valence-corrected chi connectivity index (χ0v) is 10.8. The van der Waals surface area contributed by atoms with Crippen molar-refractivity contribution in [1.82, 2.24) is 10.6 Å². The molecule has 7 heteroatoms. The first-order chi connectivity index (χ1) is 8.90. The van der Waals surface area contributed by atoms with Crippen molar-refractivity contribution < 1.29 is 19.5 Å². The molecule has 0 rings (SSSR count). The third kappa shape index (κ3) is 7.65. The highest BCUT2D eigenvalue weighted by Gasteiger charge is 2.21. The van der Waals surface area contributed by atoms with Crippen molar-refractivity contribution in [2.45, 2.75) is 44.7 Å². The van der Waals surface area contributed by atoms with Crippen molar-refractivity contribution in [3.63, 3.8) is 0 Å². The molecule has 0 spiro atoms. The Hall–Kier alpha value is -2.23. The molecule has 0 saturated carbocycles. The van der Waals surface area contributed by atoms with Crippen LogP contribution in [0.1, 0.15) is 32.6 Å². The summed E-state index contributed by atoms with van der Waals surface area (Å²) in [5.74, 6) is 0.537. The summed E-state index contributed by atoms with van der Waals surface area (Å²) >= 11 is 0. The number of nitrogens with one attached hydrogen (secondary N) is 2. The Bertz CT molecular complexity index is 376. The van der Waals surface area contributed by atoms with Crippen LogP contribution in [0.4, 0.5) is 4.79 Å². The molecule has 0 aliphatic heterocycles. The molecule has 19 heavy (non-hydrogen) atoms. The van der Waals surface area contributed by atoms with Gasteiger partial charge in [0, 0.05) is 6.42 Å². The average molecular weight is 269 g/mol. The largest absolute Gasteiger partial charge is 0.480 e. The number of carbonyl (C=O) groups excluding carboxylic acids is 2. The third-order valence-electron chi connectivity index (χ3n) is 2.37. The molecule has 0 aromatic rings. The molecule has 0 saturated heterocycles. The Labute approximate surface area is 111 Å². The summed E-state index contributed by atoms with van der Waals surface area (Å²) in [6.45, 7) is 1.91. The minimum Gasteiger partial charge on any atom is -0.480 e. The average Bonchev–Trinajstić information content (AvgIpc) is 2.33. The summed E-state index contributed by atoms with van der Waals surface area (Å²) < 4.78 is 0. The number of hydrogen-bond acceptors (Lipinski definition) is 3.